The van der Waals surface area contributed by atoms with Gasteiger partial charge in [-0.2, -0.15) is 0 Å². The molecule has 1 N–H and O–H groups in total. The van der Waals surface area contributed by atoms with Gasteiger partial charge in [0.15, 0.2) is 0 Å². The number of ether oxygens (including phenoxy) is 2. The third kappa shape index (κ3) is 5.71. The molecule has 0 spiro atoms. The number of hydrogen-bond donors (Lipinski definition) is 1. The molecule has 6 nitrogen and oxygen atoms in total. The van der Waals surface area contributed by atoms with E-state index in [4.69, 9.17) is 15.0 Å². The second kappa shape index (κ2) is 10.2. The van der Waals surface area contributed by atoms with Crippen LogP contribution >= 0.6 is 0 Å². The number of nitrogens with one attached hydrogen (secondary N) is 1. The fourth-order valence-corrected chi connectivity index (χ4v) is 2.73. The van der Waals surface area contributed by atoms with Crippen molar-refractivity contribution in [3.8, 4) is 11.5 Å². The third-order valence-electron chi connectivity index (χ3n) is 4.03. The summed E-state index contributed by atoms with van der Waals surface area (Å²) in [7, 11) is 3.33. The average Bonchev–Trinajstić information content (AvgIpc) is 2.67. The number of rotatable bonds is 10. The second-order valence-corrected chi connectivity index (χ2v) is 5.61. The molecule has 6 heteroatoms. The second-order valence-electron chi connectivity index (χ2n) is 5.61. The molecule has 25 heavy (non-hydrogen) atoms. The van der Waals surface area contributed by atoms with Gasteiger partial charge in [0.1, 0.15) is 11.5 Å². The zero-order chi connectivity index (χ0) is 17.9. The molecule has 0 bridgehead atoms. The highest BCUT2D eigenvalue weighted by atomic mass is 16.5. The van der Waals surface area contributed by atoms with Crippen LogP contribution in [0.4, 0.5) is 0 Å². The topological polar surface area (TPSA) is 79.2 Å². The number of methoxy groups -OCH3 is 2. The Bertz CT molecular complexity index is 714. The molecule has 2 aromatic rings. The van der Waals surface area contributed by atoms with Crippen LogP contribution < -0.4 is 14.8 Å². The van der Waals surface area contributed by atoms with Crippen molar-refractivity contribution < 1.29 is 9.47 Å². The van der Waals surface area contributed by atoms with Crippen LogP contribution in [0.1, 0.15) is 23.6 Å². The van der Waals surface area contributed by atoms with Gasteiger partial charge in [-0.05, 0) is 54.2 Å². The number of nitrogens with zero attached hydrogens (tertiary/aromatic N) is 3. The lowest BCUT2D eigenvalue weighted by molar-refractivity contribution is 0.408. The first-order valence-corrected chi connectivity index (χ1v) is 8.28. The lowest BCUT2D eigenvalue weighted by Gasteiger charge is -2.18. The highest BCUT2D eigenvalue weighted by Crippen LogP contribution is 2.21. The minimum absolute atomic E-state index is 0.0383. The minimum Gasteiger partial charge on any atom is -0.497 e. The lowest BCUT2D eigenvalue weighted by Crippen LogP contribution is -2.25. The van der Waals surface area contributed by atoms with E-state index in [1.165, 1.54) is 5.56 Å². The predicted molar refractivity (Wildman–Crippen MR) is 99.1 cm³/mol. The number of para-hydroxylation sites is 1. The zero-order valence-corrected chi connectivity index (χ0v) is 14.7. The smallest absolute Gasteiger partial charge is 0.122 e. The maximum Gasteiger partial charge on any atom is 0.122 e. The first kappa shape index (κ1) is 18.6. The summed E-state index contributed by atoms with van der Waals surface area (Å²) in [6.07, 6.45) is 1.88. The van der Waals surface area contributed by atoms with E-state index in [2.05, 4.69) is 21.4 Å². The van der Waals surface area contributed by atoms with Gasteiger partial charge in [-0.15, -0.1) is 0 Å². The van der Waals surface area contributed by atoms with E-state index in [1.54, 1.807) is 14.2 Å². The molecule has 1 atom stereocenters. The van der Waals surface area contributed by atoms with Gasteiger partial charge in [0.05, 0.1) is 14.2 Å². The van der Waals surface area contributed by atoms with Crippen molar-refractivity contribution in [3.63, 3.8) is 0 Å². The quantitative estimate of drug-likeness (QED) is 0.303. The molecule has 0 aliphatic rings. The number of aryl methyl sites for hydroxylation is 1. The molecule has 0 saturated heterocycles. The largest absolute Gasteiger partial charge is 0.497 e. The van der Waals surface area contributed by atoms with Crippen LogP contribution in [-0.4, -0.2) is 27.3 Å². The maximum atomic E-state index is 8.63. The van der Waals surface area contributed by atoms with E-state index >= 15 is 0 Å². The summed E-state index contributed by atoms with van der Waals surface area (Å²) in [4.78, 5) is 2.88. The lowest BCUT2D eigenvalue weighted by atomic mass is 10.1. The van der Waals surface area contributed by atoms with Crippen LogP contribution in [0.15, 0.2) is 53.6 Å². The molecule has 0 amide bonds. The standard InChI is InChI=1S/C19H24N4O2/c1-24-17-10-5-8-16(13-17)18(14-22-23-20)21-12-6-9-15-7-3-4-11-19(15)25-2/h3-5,7-8,10-11,13,18,21H,6,9,12,14H2,1-2H3/t18-/m0/s1. The van der Waals surface area contributed by atoms with Crippen LogP contribution in [0.3, 0.4) is 0 Å². The van der Waals surface area contributed by atoms with Crippen molar-refractivity contribution in [2.75, 3.05) is 27.3 Å². The van der Waals surface area contributed by atoms with Crippen LogP contribution in [0.2, 0.25) is 0 Å². The number of hydrogen-bond acceptors (Lipinski definition) is 4. The summed E-state index contributed by atoms with van der Waals surface area (Å²) in [5, 5.41) is 7.19. The molecule has 0 fully saturated rings. The van der Waals surface area contributed by atoms with E-state index in [-0.39, 0.29) is 6.04 Å². The van der Waals surface area contributed by atoms with Crippen molar-refractivity contribution in [1.82, 2.24) is 5.32 Å². The Labute approximate surface area is 148 Å². The van der Waals surface area contributed by atoms with Gasteiger partial charge in [0, 0.05) is 17.5 Å². The molecule has 0 aromatic heterocycles. The van der Waals surface area contributed by atoms with E-state index in [0.29, 0.717) is 6.54 Å². The molecule has 0 unspecified atom stereocenters. The summed E-state index contributed by atoms with van der Waals surface area (Å²) in [5.74, 6) is 1.71. The van der Waals surface area contributed by atoms with Crippen LogP contribution in [0.5, 0.6) is 11.5 Å². The minimum atomic E-state index is -0.0383. The van der Waals surface area contributed by atoms with Crippen molar-refractivity contribution in [2.45, 2.75) is 18.9 Å². The van der Waals surface area contributed by atoms with E-state index in [9.17, 15) is 0 Å². The Balaban J connectivity index is 1.94. The van der Waals surface area contributed by atoms with Gasteiger partial charge in [0.2, 0.25) is 0 Å². The summed E-state index contributed by atoms with van der Waals surface area (Å²) in [5.41, 5.74) is 10.9. The van der Waals surface area contributed by atoms with Gasteiger partial charge < -0.3 is 14.8 Å². The van der Waals surface area contributed by atoms with Crippen molar-refractivity contribution in [3.05, 3.63) is 70.1 Å². The molecule has 2 aromatic carbocycles. The SMILES string of the molecule is COc1cccc([C@H](CN=[N+]=[N-])NCCCc2ccccc2OC)c1. The molecule has 0 aliphatic heterocycles. The predicted octanol–water partition coefficient (Wildman–Crippen LogP) is 4.28. The van der Waals surface area contributed by atoms with Gasteiger partial charge in [0.25, 0.3) is 0 Å². The fourth-order valence-electron chi connectivity index (χ4n) is 2.73. The van der Waals surface area contributed by atoms with Crippen LogP contribution in [-0.2, 0) is 6.42 Å². The molecular formula is C19H24N4O2. The summed E-state index contributed by atoms with van der Waals surface area (Å²) in [6, 6.07) is 15.8. The summed E-state index contributed by atoms with van der Waals surface area (Å²) in [6.45, 7) is 1.17. The summed E-state index contributed by atoms with van der Waals surface area (Å²) < 4.78 is 10.7. The van der Waals surface area contributed by atoms with E-state index in [1.807, 2.05) is 42.5 Å². The van der Waals surface area contributed by atoms with Gasteiger partial charge in [-0.3, -0.25) is 0 Å². The Morgan fingerprint density at radius 3 is 2.72 bits per heavy atom. The van der Waals surface area contributed by atoms with Crippen LogP contribution in [0, 0.1) is 0 Å². The third-order valence-corrected chi connectivity index (χ3v) is 4.03. The Morgan fingerprint density at radius 1 is 1.12 bits per heavy atom. The molecule has 0 radical (unpaired) electrons. The highest BCUT2D eigenvalue weighted by Gasteiger charge is 2.11. The highest BCUT2D eigenvalue weighted by molar-refractivity contribution is 5.33. The normalized spacial score (nSPS) is 11.4. The molecule has 132 valence electrons. The first-order valence-electron chi connectivity index (χ1n) is 8.28. The Hall–Kier alpha value is -2.69. The molecule has 0 aliphatic carbocycles. The molecule has 2 rings (SSSR count). The maximum absolute atomic E-state index is 8.63. The van der Waals surface area contributed by atoms with Gasteiger partial charge >= 0.3 is 0 Å². The van der Waals surface area contributed by atoms with E-state index in [0.717, 1.165) is 36.4 Å². The van der Waals surface area contributed by atoms with Crippen molar-refractivity contribution in [2.24, 2.45) is 5.11 Å². The average molecular weight is 340 g/mol. The molecule has 0 saturated carbocycles. The number of azide groups is 1. The monoisotopic (exact) mass is 340 g/mol. The van der Waals surface area contributed by atoms with Crippen molar-refractivity contribution in [1.29, 1.82) is 0 Å². The van der Waals surface area contributed by atoms with Gasteiger partial charge in [-0.1, -0.05) is 35.4 Å². The number of benzene rings is 2. The van der Waals surface area contributed by atoms with Gasteiger partial charge in [-0.25, -0.2) is 0 Å². The van der Waals surface area contributed by atoms with Crippen molar-refractivity contribution >= 4 is 0 Å². The molecule has 0 heterocycles. The first-order chi connectivity index (χ1) is 12.3. The van der Waals surface area contributed by atoms with Crippen LogP contribution in [0.25, 0.3) is 10.4 Å². The summed E-state index contributed by atoms with van der Waals surface area (Å²) >= 11 is 0. The Kier molecular flexibility index (Phi) is 7.63. The zero-order valence-electron chi connectivity index (χ0n) is 14.7. The van der Waals surface area contributed by atoms with E-state index < -0.39 is 0 Å². The molecular weight excluding hydrogens is 316 g/mol. The fraction of sp³-hybridized carbons (Fsp3) is 0.368. The Morgan fingerprint density at radius 2 is 1.96 bits per heavy atom.